The molecule has 1 unspecified atom stereocenters. The Morgan fingerprint density at radius 2 is 1.79 bits per heavy atom. The summed E-state index contributed by atoms with van der Waals surface area (Å²) in [7, 11) is 0. The van der Waals surface area contributed by atoms with Crippen LogP contribution in [0.2, 0.25) is 0 Å². The van der Waals surface area contributed by atoms with Crippen LogP contribution in [0, 0.1) is 0 Å². The lowest BCUT2D eigenvalue weighted by Crippen LogP contribution is -2.35. The van der Waals surface area contributed by atoms with Gasteiger partial charge in [-0.1, -0.05) is 43.5 Å². The first-order chi connectivity index (χ1) is 16.7. The molecular formula is C29H34N4O. The smallest absolute Gasteiger partial charge is 0.251 e. The predicted molar refractivity (Wildman–Crippen MR) is 137 cm³/mol. The van der Waals surface area contributed by atoms with Crippen molar-refractivity contribution < 1.29 is 4.79 Å². The van der Waals surface area contributed by atoms with Crippen LogP contribution in [0.15, 0.2) is 36.4 Å². The second kappa shape index (κ2) is 7.88. The Morgan fingerprint density at radius 1 is 0.941 bits per heavy atom. The van der Waals surface area contributed by atoms with E-state index in [0.29, 0.717) is 12.0 Å². The number of anilines is 1. The number of carbonyl (C=O) groups excluding carboxylic acids is 1. The minimum atomic E-state index is 0.0704. The largest absolute Gasteiger partial charge is 0.369 e. The first kappa shape index (κ1) is 20.6. The summed E-state index contributed by atoms with van der Waals surface area (Å²) in [5, 5.41) is 4.52. The number of carbonyl (C=O) groups is 1. The highest BCUT2D eigenvalue weighted by Crippen LogP contribution is 2.49. The molecule has 0 spiro atoms. The molecule has 1 aromatic heterocycles. The maximum absolute atomic E-state index is 12.9. The molecule has 4 aliphatic rings. The molecule has 2 aliphatic carbocycles. The number of aromatic nitrogens is 1. The van der Waals surface area contributed by atoms with Gasteiger partial charge in [0.15, 0.2) is 0 Å². The lowest BCUT2D eigenvalue weighted by Gasteiger charge is -2.35. The van der Waals surface area contributed by atoms with E-state index in [1.807, 2.05) is 0 Å². The van der Waals surface area contributed by atoms with Crippen molar-refractivity contribution in [1.82, 2.24) is 9.88 Å². The number of rotatable bonds is 3. The Kier molecular flexibility index (Phi) is 4.77. The van der Waals surface area contributed by atoms with Crippen LogP contribution in [0.1, 0.15) is 84.8 Å². The third-order valence-corrected chi connectivity index (χ3v) is 8.63. The summed E-state index contributed by atoms with van der Waals surface area (Å²) in [6.07, 6.45) is 9.70. The summed E-state index contributed by atoms with van der Waals surface area (Å²) < 4.78 is 2.53. The van der Waals surface area contributed by atoms with Crippen molar-refractivity contribution in [2.24, 2.45) is 5.73 Å². The van der Waals surface area contributed by atoms with E-state index in [4.69, 9.17) is 5.73 Å². The number of nitrogens with one attached hydrogen (secondary N) is 1. The van der Waals surface area contributed by atoms with Gasteiger partial charge in [0.1, 0.15) is 0 Å². The number of fused-ring (bicyclic) bond motifs is 4. The second-order valence-electron chi connectivity index (χ2n) is 10.9. The third kappa shape index (κ3) is 3.20. The molecule has 3 aromatic rings. The molecule has 5 nitrogen and oxygen atoms in total. The van der Waals surface area contributed by atoms with E-state index in [2.05, 4.69) is 51.2 Å². The van der Waals surface area contributed by atoms with E-state index in [9.17, 15) is 4.79 Å². The van der Waals surface area contributed by atoms with Crippen LogP contribution in [0.3, 0.4) is 0 Å². The van der Waals surface area contributed by atoms with Gasteiger partial charge in [0.25, 0.3) is 5.91 Å². The molecule has 7 rings (SSSR count). The molecular weight excluding hydrogens is 420 g/mol. The first-order valence-corrected chi connectivity index (χ1v) is 13.3. The molecule has 1 atom stereocenters. The van der Waals surface area contributed by atoms with Gasteiger partial charge in [-0.3, -0.25) is 4.79 Å². The van der Waals surface area contributed by atoms with E-state index >= 15 is 0 Å². The van der Waals surface area contributed by atoms with E-state index in [-0.39, 0.29) is 11.9 Å². The van der Waals surface area contributed by atoms with Crippen molar-refractivity contribution in [2.75, 3.05) is 18.0 Å². The molecule has 5 heteroatoms. The van der Waals surface area contributed by atoms with E-state index in [1.165, 1.54) is 71.1 Å². The molecule has 3 N–H and O–H groups in total. The molecule has 3 heterocycles. The van der Waals surface area contributed by atoms with Crippen molar-refractivity contribution in [3.63, 3.8) is 0 Å². The second-order valence-corrected chi connectivity index (χ2v) is 10.9. The van der Waals surface area contributed by atoms with Crippen LogP contribution in [-0.4, -0.2) is 29.6 Å². The molecule has 176 valence electrons. The maximum Gasteiger partial charge on any atom is 0.251 e. The normalized spacial score (nSPS) is 22.3. The SMILES string of the molecule is NC1CCN2CCn3c(c(C4CCCCC4)c4ccc(C(=O)NC5CC5)cc43)-c3cccc1c32. The quantitative estimate of drug-likeness (QED) is 0.551. The number of para-hydroxylation sites is 1. The van der Waals surface area contributed by atoms with Gasteiger partial charge in [0.05, 0.1) is 11.4 Å². The summed E-state index contributed by atoms with van der Waals surface area (Å²) in [5.41, 5.74) is 15.5. The monoisotopic (exact) mass is 454 g/mol. The van der Waals surface area contributed by atoms with Gasteiger partial charge in [-0.25, -0.2) is 0 Å². The molecule has 0 radical (unpaired) electrons. The average Bonchev–Trinajstić information content (AvgIpc) is 3.65. The summed E-state index contributed by atoms with van der Waals surface area (Å²) in [6.45, 7) is 2.94. The standard InChI is InChI=1S/C29H34N4O/c30-24-13-14-32-15-16-33-25-17-19(29(34)31-20-10-11-20)9-12-22(25)26(18-5-2-1-3-6-18)28(33)23-8-4-7-21(24)27(23)32/h4,7-9,12,17-18,20,24H,1-3,5-6,10-11,13-16,30H2,(H,31,34). The van der Waals surface area contributed by atoms with Gasteiger partial charge in [-0.05, 0) is 61.3 Å². The van der Waals surface area contributed by atoms with Gasteiger partial charge in [-0.2, -0.15) is 0 Å². The van der Waals surface area contributed by atoms with Crippen molar-refractivity contribution in [2.45, 2.75) is 75.9 Å². The van der Waals surface area contributed by atoms with Gasteiger partial charge < -0.3 is 20.5 Å². The number of nitrogens with zero attached hydrogens (tertiary/aromatic N) is 2. The minimum absolute atomic E-state index is 0.0704. The molecule has 2 fully saturated rings. The summed E-state index contributed by atoms with van der Waals surface area (Å²) in [5.74, 6) is 0.652. The summed E-state index contributed by atoms with van der Waals surface area (Å²) in [4.78, 5) is 15.5. The maximum atomic E-state index is 12.9. The molecule has 1 amide bonds. The van der Waals surface area contributed by atoms with Gasteiger partial charge in [0.2, 0.25) is 0 Å². The summed E-state index contributed by atoms with van der Waals surface area (Å²) in [6, 6.07) is 13.7. The number of benzene rings is 2. The molecule has 0 bridgehead atoms. The van der Waals surface area contributed by atoms with E-state index in [0.717, 1.165) is 44.5 Å². The lowest BCUT2D eigenvalue weighted by molar-refractivity contribution is 0.0951. The highest BCUT2D eigenvalue weighted by molar-refractivity contribution is 6.02. The fraction of sp³-hybridized carbons (Fsp3) is 0.483. The fourth-order valence-corrected chi connectivity index (χ4v) is 6.75. The molecule has 34 heavy (non-hydrogen) atoms. The number of hydrogen-bond donors (Lipinski definition) is 2. The highest BCUT2D eigenvalue weighted by atomic mass is 16.1. The zero-order valence-corrected chi connectivity index (χ0v) is 19.9. The summed E-state index contributed by atoms with van der Waals surface area (Å²) >= 11 is 0. The number of amides is 1. The Hall–Kier alpha value is -2.79. The van der Waals surface area contributed by atoms with E-state index < -0.39 is 0 Å². The molecule has 2 saturated carbocycles. The third-order valence-electron chi connectivity index (χ3n) is 8.63. The molecule has 0 saturated heterocycles. The first-order valence-electron chi connectivity index (χ1n) is 13.3. The van der Waals surface area contributed by atoms with Gasteiger partial charge in [-0.15, -0.1) is 0 Å². The Bertz CT molecular complexity index is 1280. The van der Waals surface area contributed by atoms with Crippen molar-refractivity contribution >= 4 is 22.5 Å². The van der Waals surface area contributed by atoms with Crippen molar-refractivity contribution in [3.05, 3.63) is 53.1 Å². The van der Waals surface area contributed by atoms with Crippen LogP contribution in [0.5, 0.6) is 0 Å². The zero-order valence-electron chi connectivity index (χ0n) is 19.9. The van der Waals surface area contributed by atoms with Crippen molar-refractivity contribution in [1.29, 1.82) is 0 Å². The zero-order chi connectivity index (χ0) is 22.8. The van der Waals surface area contributed by atoms with Crippen LogP contribution in [0.25, 0.3) is 22.2 Å². The predicted octanol–water partition coefficient (Wildman–Crippen LogP) is 5.47. The number of hydrogen-bond acceptors (Lipinski definition) is 3. The van der Waals surface area contributed by atoms with Gasteiger partial charge in [0, 0.05) is 53.7 Å². The fourth-order valence-electron chi connectivity index (χ4n) is 6.75. The average molecular weight is 455 g/mol. The van der Waals surface area contributed by atoms with Crippen LogP contribution in [-0.2, 0) is 6.54 Å². The highest BCUT2D eigenvalue weighted by Gasteiger charge is 2.34. The van der Waals surface area contributed by atoms with Gasteiger partial charge >= 0.3 is 0 Å². The van der Waals surface area contributed by atoms with Crippen LogP contribution in [0.4, 0.5) is 5.69 Å². The lowest BCUT2D eigenvalue weighted by atomic mass is 9.81. The molecule has 2 aliphatic heterocycles. The van der Waals surface area contributed by atoms with Crippen LogP contribution >= 0.6 is 0 Å². The Balaban J connectivity index is 1.47. The van der Waals surface area contributed by atoms with Crippen LogP contribution < -0.4 is 16.0 Å². The topological polar surface area (TPSA) is 63.3 Å². The Morgan fingerprint density at radius 3 is 2.62 bits per heavy atom. The number of nitrogens with two attached hydrogens (primary N) is 1. The molecule has 2 aromatic carbocycles. The Labute approximate surface area is 201 Å². The van der Waals surface area contributed by atoms with E-state index in [1.54, 1.807) is 0 Å². The van der Waals surface area contributed by atoms with Crippen molar-refractivity contribution in [3.8, 4) is 11.3 Å². The minimum Gasteiger partial charge on any atom is -0.369 e.